The molecule has 0 unspecified atom stereocenters. The van der Waals surface area contributed by atoms with Crippen LogP contribution in [0.15, 0.2) is 18.3 Å². The molecule has 0 saturated carbocycles. The third-order valence-corrected chi connectivity index (χ3v) is 1.51. The molecule has 1 heterocycles. The summed E-state index contributed by atoms with van der Waals surface area (Å²) in [5, 5.41) is 6.29. The van der Waals surface area contributed by atoms with Gasteiger partial charge in [-0.1, -0.05) is 0 Å². The van der Waals surface area contributed by atoms with Crippen molar-refractivity contribution in [3.05, 3.63) is 30.0 Å². The van der Waals surface area contributed by atoms with Gasteiger partial charge in [0.05, 0.1) is 17.1 Å². The fraction of sp³-hybridized carbons (Fsp3) is 0. The Bertz CT molecular complexity index is 394. The number of nitrogens with zero attached hydrogens (tertiary/aromatic N) is 1. The van der Waals surface area contributed by atoms with Crippen LogP contribution in [0, 0.1) is 11.6 Å². The van der Waals surface area contributed by atoms with Gasteiger partial charge in [0.1, 0.15) is 0 Å². The van der Waals surface area contributed by atoms with Crippen LogP contribution < -0.4 is 0 Å². The van der Waals surface area contributed by atoms with E-state index >= 15 is 0 Å². The maximum Gasteiger partial charge on any atom is 0.169 e. The molecular formula is C7H4F2N2. The molecule has 2 rings (SSSR count). The van der Waals surface area contributed by atoms with Crippen LogP contribution in [0.4, 0.5) is 8.78 Å². The van der Waals surface area contributed by atoms with E-state index in [1.165, 1.54) is 12.3 Å². The molecule has 0 radical (unpaired) electrons. The molecule has 2 aromatic rings. The van der Waals surface area contributed by atoms with Crippen molar-refractivity contribution >= 4 is 10.9 Å². The number of aromatic amines is 1. The number of hydrogen-bond acceptors (Lipinski definition) is 1. The number of hydrogen-bond donors (Lipinski definition) is 1. The smallest absolute Gasteiger partial charge is 0.169 e. The summed E-state index contributed by atoms with van der Waals surface area (Å²) in [6.45, 7) is 0. The molecule has 0 atom stereocenters. The van der Waals surface area contributed by atoms with Crippen molar-refractivity contribution in [3.8, 4) is 0 Å². The monoisotopic (exact) mass is 154 g/mol. The second-order valence-electron chi connectivity index (χ2n) is 2.19. The lowest BCUT2D eigenvalue weighted by molar-refractivity contribution is 0.517. The van der Waals surface area contributed by atoms with Crippen LogP contribution in [0.1, 0.15) is 0 Å². The predicted molar refractivity (Wildman–Crippen MR) is 36.0 cm³/mol. The van der Waals surface area contributed by atoms with Gasteiger partial charge in [-0.3, -0.25) is 5.10 Å². The Morgan fingerprint density at radius 2 is 2.09 bits per heavy atom. The second-order valence-corrected chi connectivity index (χ2v) is 2.19. The summed E-state index contributed by atoms with van der Waals surface area (Å²) >= 11 is 0. The summed E-state index contributed by atoms with van der Waals surface area (Å²) in [5.74, 6) is -1.70. The molecule has 1 aromatic carbocycles. The van der Waals surface area contributed by atoms with Crippen molar-refractivity contribution in [2.45, 2.75) is 0 Å². The van der Waals surface area contributed by atoms with E-state index in [0.29, 0.717) is 5.52 Å². The van der Waals surface area contributed by atoms with Gasteiger partial charge in [0.15, 0.2) is 11.6 Å². The van der Waals surface area contributed by atoms with Crippen molar-refractivity contribution in [2.75, 3.05) is 0 Å². The van der Waals surface area contributed by atoms with Gasteiger partial charge < -0.3 is 0 Å². The average molecular weight is 154 g/mol. The van der Waals surface area contributed by atoms with Crippen LogP contribution in [0.3, 0.4) is 0 Å². The summed E-state index contributed by atoms with van der Waals surface area (Å²) in [4.78, 5) is 0. The van der Waals surface area contributed by atoms with E-state index in [1.54, 1.807) is 0 Å². The zero-order valence-corrected chi connectivity index (χ0v) is 5.44. The van der Waals surface area contributed by atoms with Crippen LogP contribution in [0.5, 0.6) is 0 Å². The molecule has 0 aliphatic heterocycles. The van der Waals surface area contributed by atoms with E-state index in [0.717, 1.165) is 6.07 Å². The quantitative estimate of drug-likeness (QED) is 0.616. The summed E-state index contributed by atoms with van der Waals surface area (Å²) in [6, 6.07) is 2.51. The van der Waals surface area contributed by atoms with Crippen molar-refractivity contribution in [3.63, 3.8) is 0 Å². The molecule has 1 N–H and O–H groups in total. The van der Waals surface area contributed by atoms with Gasteiger partial charge in [0.25, 0.3) is 0 Å². The largest absolute Gasteiger partial charge is 0.278 e. The van der Waals surface area contributed by atoms with Gasteiger partial charge in [-0.25, -0.2) is 8.78 Å². The number of nitrogens with one attached hydrogen (secondary N) is 1. The summed E-state index contributed by atoms with van der Waals surface area (Å²) in [7, 11) is 0. The highest BCUT2D eigenvalue weighted by molar-refractivity contribution is 5.78. The molecule has 0 aliphatic rings. The summed E-state index contributed by atoms with van der Waals surface area (Å²) in [5.41, 5.74) is 0.504. The molecule has 0 amide bonds. The Morgan fingerprint density at radius 3 is 2.91 bits per heavy atom. The minimum Gasteiger partial charge on any atom is -0.278 e. The molecule has 1 aromatic heterocycles. The maximum atomic E-state index is 12.8. The third-order valence-electron chi connectivity index (χ3n) is 1.51. The molecule has 2 nitrogen and oxygen atoms in total. The van der Waals surface area contributed by atoms with E-state index in [9.17, 15) is 8.78 Å². The highest BCUT2D eigenvalue weighted by atomic mass is 19.2. The number of benzene rings is 1. The van der Waals surface area contributed by atoms with Crippen molar-refractivity contribution in [1.82, 2.24) is 10.2 Å². The molecule has 11 heavy (non-hydrogen) atoms. The lowest BCUT2D eigenvalue weighted by Crippen LogP contribution is -1.82. The molecule has 0 saturated heterocycles. The highest BCUT2D eigenvalue weighted by Crippen LogP contribution is 2.16. The lowest BCUT2D eigenvalue weighted by Gasteiger charge is -1.91. The van der Waals surface area contributed by atoms with Crippen LogP contribution >= 0.6 is 0 Å². The Labute approximate surface area is 60.8 Å². The average Bonchev–Trinajstić information content (AvgIpc) is 2.45. The van der Waals surface area contributed by atoms with E-state index in [-0.39, 0.29) is 5.39 Å². The Kier molecular flexibility index (Phi) is 1.15. The molecular weight excluding hydrogens is 150 g/mol. The highest BCUT2D eigenvalue weighted by Gasteiger charge is 2.06. The predicted octanol–water partition coefficient (Wildman–Crippen LogP) is 1.84. The van der Waals surface area contributed by atoms with E-state index in [2.05, 4.69) is 10.2 Å². The number of aromatic nitrogens is 2. The molecule has 0 fully saturated rings. The SMILES string of the molecule is Fc1ccc2[nH]ncc2c1F. The maximum absolute atomic E-state index is 12.8. The van der Waals surface area contributed by atoms with E-state index in [1.807, 2.05) is 0 Å². The Hall–Kier alpha value is -1.45. The third kappa shape index (κ3) is 0.790. The molecule has 0 aliphatic carbocycles. The summed E-state index contributed by atoms with van der Waals surface area (Å²) < 4.78 is 25.3. The van der Waals surface area contributed by atoms with Crippen molar-refractivity contribution in [2.24, 2.45) is 0 Å². The molecule has 0 bridgehead atoms. The van der Waals surface area contributed by atoms with Crippen molar-refractivity contribution < 1.29 is 8.78 Å². The van der Waals surface area contributed by atoms with Gasteiger partial charge in [0, 0.05) is 0 Å². The molecule has 56 valence electrons. The Balaban J connectivity index is 2.93. The van der Waals surface area contributed by atoms with E-state index < -0.39 is 11.6 Å². The van der Waals surface area contributed by atoms with Gasteiger partial charge >= 0.3 is 0 Å². The van der Waals surface area contributed by atoms with E-state index in [4.69, 9.17) is 0 Å². The number of rotatable bonds is 0. The zero-order chi connectivity index (χ0) is 7.84. The van der Waals surface area contributed by atoms with Gasteiger partial charge in [-0.2, -0.15) is 5.10 Å². The second kappa shape index (κ2) is 2.02. The van der Waals surface area contributed by atoms with Gasteiger partial charge in [-0.05, 0) is 12.1 Å². The number of H-pyrrole nitrogens is 1. The lowest BCUT2D eigenvalue weighted by atomic mass is 10.2. The van der Waals surface area contributed by atoms with Crippen LogP contribution in [0.25, 0.3) is 10.9 Å². The first-order chi connectivity index (χ1) is 5.29. The van der Waals surface area contributed by atoms with Crippen LogP contribution in [-0.2, 0) is 0 Å². The first-order valence-corrected chi connectivity index (χ1v) is 3.06. The zero-order valence-electron chi connectivity index (χ0n) is 5.44. The first kappa shape index (κ1) is 6.27. The first-order valence-electron chi connectivity index (χ1n) is 3.06. The number of fused-ring (bicyclic) bond motifs is 1. The van der Waals surface area contributed by atoms with Gasteiger partial charge in [-0.15, -0.1) is 0 Å². The number of halogens is 2. The van der Waals surface area contributed by atoms with Crippen molar-refractivity contribution in [1.29, 1.82) is 0 Å². The Morgan fingerprint density at radius 1 is 1.27 bits per heavy atom. The molecule has 0 spiro atoms. The van der Waals surface area contributed by atoms with Crippen LogP contribution in [0.2, 0.25) is 0 Å². The van der Waals surface area contributed by atoms with Crippen LogP contribution in [-0.4, -0.2) is 10.2 Å². The fourth-order valence-electron chi connectivity index (χ4n) is 0.956. The summed E-state index contributed by atoms with van der Waals surface area (Å²) in [6.07, 6.45) is 1.26. The normalized spacial score (nSPS) is 10.7. The van der Waals surface area contributed by atoms with Gasteiger partial charge in [0.2, 0.25) is 0 Å². The minimum atomic E-state index is -0.851. The molecule has 4 heteroatoms. The standard InChI is InChI=1S/C7H4F2N2/c8-5-1-2-6-4(7(5)9)3-10-11-6/h1-3H,(H,10,11). The topological polar surface area (TPSA) is 28.7 Å². The fourth-order valence-corrected chi connectivity index (χ4v) is 0.956. The minimum absolute atomic E-state index is 0.185.